The molecule has 0 atom stereocenters. The third-order valence-corrected chi connectivity index (χ3v) is 2.94. The molecule has 0 saturated carbocycles. The predicted molar refractivity (Wildman–Crippen MR) is 81.4 cm³/mol. The van der Waals surface area contributed by atoms with Gasteiger partial charge >= 0.3 is 5.69 Å². The van der Waals surface area contributed by atoms with Crippen molar-refractivity contribution in [3.05, 3.63) is 52.3 Å². The second kappa shape index (κ2) is 6.65. The van der Waals surface area contributed by atoms with Crippen LogP contribution in [-0.4, -0.2) is 28.5 Å². The zero-order chi connectivity index (χ0) is 15.2. The molecule has 21 heavy (non-hydrogen) atoms. The molecule has 0 aliphatic rings. The Morgan fingerprint density at radius 2 is 2.00 bits per heavy atom. The van der Waals surface area contributed by atoms with E-state index in [1.165, 1.54) is 6.07 Å². The molecule has 0 radical (unpaired) electrons. The van der Waals surface area contributed by atoms with Crippen molar-refractivity contribution in [2.24, 2.45) is 0 Å². The van der Waals surface area contributed by atoms with Crippen LogP contribution in [0.3, 0.4) is 0 Å². The Labute approximate surface area is 122 Å². The number of anilines is 2. The quantitative estimate of drug-likeness (QED) is 0.649. The minimum Gasteiger partial charge on any atom is -0.370 e. The summed E-state index contributed by atoms with van der Waals surface area (Å²) in [5.41, 5.74) is 1.01. The van der Waals surface area contributed by atoms with E-state index < -0.39 is 4.92 Å². The van der Waals surface area contributed by atoms with Gasteiger partial charge in [-0.3, -0.25) is 15.1 Å². The van der Waals surface area contributed by atoms with E-state index in [0.717, 1.165) is 5.56 Å². The zero-order valence-electron chi connectivity index (χ0n) is 12.0. The molecule has 0 unspecified atom stereocenters. The maximum absolute atomic E-state index is 11.2. The highest BCUT2D eigenvalue weighted by atomic mass is 16.6. The number of nitrogens with zero attached hydrogens (tertiary/aromatic N) is 4. The molecule has 110 valence electrons. The number of aromatic nitrogens is 2. The van der Waals surface area contributed by atoms with Gasteiger partial charge < -0.3 is 10.2 Å². The Hall–Kier alpha value is -2.70. The molecule has 0 saturated heterocycles. The SMILES string of the molecule is CCNc1ccc([N+](=O)[O-])c(N(C)Cc2ccncc2)n1. The van der Waals surface area contributed by atoms with Crippen molar-refractivity contribution < 1.29 is 4.92 Å². The van der Waals surface area contributed by atoms with Gasteiger partial charge in [-0.05, 0) is 30.7 Å². The van der Waals surface area contributed by atoms with Crippen LogP contribution in [0.4, 0.5) is 17.3 Å². The number of nitrogens with one attached hydrogen (secondary N) is 1. The van der Waals surface area contributed by atoms with Gasteiger partial charge in [0.2, 0.25) is 5.82 Å². The van der Waals surface area contributed by atoms with Crippen molar-refractivity contribution in [2.75, 3.05) is 23.8 Å². The summed E-state index contributed by atoms with van der Waals surface area (Å²) in [5.74, 6) is 0.968. The second-order valence-corrected chi connectivity index (χ2v) is 4.54. The predicted octanol–water partition coefficient (Wildman–Crippen LogP) is 2.45. The summed E-state index contributed by atoms with van der Waals surface area (Å²) in [5, 5.41) is 14.2. The Morgan fingerprint density at radius 1 is 1.29 bits per heavy atom. The highest BCUT2D eigenvalue weighted by Crippen LogP contribution is 2.27. The molecule has 0 aromatic carbocycles. The van der Waals surface area contributed by atoms with Gasteiger partial charge in [-0.1, -0.05) is 0 Å². The van der Waals surface area contributed by atoms with Gasteiger partial charge in [0.15, 0.2) is 0 Å². The summed E-state index contributed by atoms with van der Waals surface area (Å²) in [6.45, 7) is 3.17. The summed E-state index contributed by atoms with van der Waals surface area (Å²) < 4.78 is 0. The summed E-state index contributed by atoms with van der Waals surface area (Å²) in [7, 11) is 1.78. The monoisotopic (exact) mass is 287 g/mol. The molecule has 0 spiro atoms. The maximum Gasteiger partial charge on any atom is 0.311 e. The molecule has 7 nitrogen and oxygen atoms in total. The Kier molecular flexibility index (Phi) is 4.65. The van der Waals surface area contributed by atoms with Crippen molar-refractivity contribution in [1.82, 2.24) is 9.97 Å². The van der Waals surface area contributed by atoms with Gasteiger partial charge in [0.25, 0.3) is 0 Å². The van der Waals surface area contributed by atoms with Crippen molar-refractivity contribution >= 4 is 17.3 Å². The van der Waals surface area contributed by atoms with Gasteiger partial charge in [-0.15, -0.1) is 0 Å². The van der Waals surface area contributed by atoms with E-state index in [1.807, 2.05) is 19.1 Å². The van der Waals surface area contributed by atoms with Crippen LogP contribution < -0.4 is 10.2 Å². The van der Waals surface area contributed by atoms with Crippen molar-refractivity contribution in [3.63, 3.8) is 0 Å². The number of hydrogen-bond acceptors (Lipinski definition) is 6. The van der Waals surface area contributed by atoms with Gasteiger partial charge in [-0.2, -0.15) is 0 Å². The Bertz CT molecular complexity index is 618. The van der Waals surface area contributed by atoms with Crippen LogP contribution >= 0.6 is 0 Å². The highest BCUT2D eigenvalue weighted by Gasteiger charge is 2.19. The lowest BCUT2D eigenvalue weighted by Crippen LogP contribution is -2.19. The topological polar surface area (TPSA) is 84.2 Å². The first-order chi connectivity index (χ1) is 10.1. The molecule has 0 bridgehead atoms. The minimum atomic E-state index is -0.416. The summed E-state index contributed by atoms with van der Waals surface area (Å²) in [6.07, 6.45) is 3.39. The summed E-state index contributed by atoms with van der Waals surface area (Å²) >= 11 is 0. The van der Waals surface area contributed by atoms with Gasteiger partial charge in [0.05, 0.1) is 4.92 Å². The van der Waals surface area contributed by atoms with Crippen molar-refractivity contribution in [3.8, 4) is 0 Å². The van der Waals surface area contributed by atoms with Crippen LogP contribution in [0.15, 0.2) is 36.7 Å². The molecular weight excluding hydrogens is 270 g/mol. The van der Waals surface area contributed by atoms with Gasteiger partial charge in [0.1, 0.15) is 5.82 Å². The molecule has 1 N–H and O–H groups in total. The third-order valence-electron chi connectivity index (χ3n) is 2.94. The first-order valence-electron chi connectivity index (χ1n) is 6.61. The van der Waals surface area contributed by atoms with E-state index in [4.69, 9.17) is 0 Å². The first-order valence-corrected chi connectivity index (χ1v) is 6.61. The van der Waals surface area contributed by atoms with Crippen LogP contribution in [0.2, 0.25) is 0 Å². The molecular formula is C14H17N5O2. The lowest BCUT2D eigenvalue weighted by molar-refractivity contribution is -0.384. The minimum absolute atomic E-state index is 0.00629. The van der Waals surface area contributed by atoms with Crippen LogP contribution in [0.5, 0.6) is 0 Å². The van der Waals surface area contributed by atoms with Crippen LogP contribution in [-0.2, 0) is 6.54 Å². The molecule has 7 heteroatoms. The molecule has 0 aliphatic carbocycles. The van der Waals surface area contributed by atoms with E-state index >= 15 is 0 Å². The molecule has 2 aromatic rings. The normalized spacial score (nSPS) is 10.2. The van der Waals surface area contributed by atoms with Crippen molar-refractivity contribution in [2.45, 2.75) is 13.5 Å². The van der Waals surface area contributed by atoms with Crippen molar-refractivity contribution in [1.29, 1.82) is 0 Å². The first kappa shape index (κ1) is 14.7. The van der Waals surface area contributed by atoms with E-state index in [1.54, 1.807) is 30.4 Å². The summed E-state index contributed by atoms with van der Waals surface area (Å²) in [6, 6.07) is 6.84. The Balaban J connectivity index is 2.30. The smallest absolute Gasteiger partial charge is 0.311 e. The number of rotatable bonds is 6. The van der Waals surface area contributed by atoms with Crippen LogP contribution in [0.25, 0.3) is 0 Å². The highest BCUT2D eigenvalue weighted by molar-refractivity contribution is 5.61. The van der Waals surface area contributed by atoms with E-state index in [0.29, 0.717) is 24.7 Å². The molecule has 0 fully saturated rings. The zero-order valence-corrected chi connectivity index (χ0v) is 12.0. The molecule has 2 rings (SSSR count). The second-order valence-electron chi connectivity index (χ2n) is 4.54. The average Bonchev–Trinajstić information content (AvgIpc) is 2.48. The number of pyridine rings is 2. The number of nitro groups is 1. The lowest BCUT2D eigenvalue weighted by atomic mass is 10.2. The van der Waals surface area contributed by atoms with E-state index in [2.05, 4.69) is 15.3 Å². The van der Waals surface area contributed by atoms with Gasteiger partial charge in [-0.25, -0.2) is 4.98 Å². The standard InChI is InChI=1S/C14H17N5O2/c1-3-16-13-5-4-12(19(20)21)14(17-13)18(2)10-11-6-8-15-9-7-11/h4-9H,3,10H2,1-2H3,(H,16,17). The third kappa shape index (κ3) is 3.65. The fraction of sp³-hybridized carbons (Fsp3) is 0.286. The van der Waals surface area contributed by atoms with E-state index in [9.17, 15) is 10.1 Å². The fourth-order valence-electron chi connectivity index (χ4n) is 1.98. The molecule has 0 aliphatic heterocycles. The average molecular weight is 287 g/mol. The Morgan fingerprint density at radius 3 is 2.62 bits per heavy atom. The largest absolute Gasteiger partial charge is 0.370 e. The van der Waals surface area contributed by atoms with E-state index in [-0.39, 0.29) is 5.69 Å². The summed E-state index contributed by atoms with van der Waals surface area (Å²) in [4.78, 5) is 20.8. The lowest BCUT2D eigenvalue weighted by Gasteiger charge is -2.18. The molecule has 2 heterocycles. The number of hydrogen-bond donors (Lipinski definition) is 1. The van der Waals surface area contributed by atoms with Crippen LogP contribution in [0, 0.1) is 10.1 Å². The molecule has 2 aromatic heterocycles. The van der Waals surface area contributed by atoms with Crippen LogP contribution in [0.1, 0.15) is 12.5 Å². The maximum atomic E-state index is 11.2. The fourth-order valence-corrected chi connectivity index (χ4v) is 1.98. The molecule has 0 amide bonds. The van der Waals surface area contributed by atoms with Gasteiger partial charge in [0, 0.05) is 38.6 Å².